The van der Waals surface area contributed by atoms with Crippen molar-refractivity contribution in [2.45, 2.75) is 19.5 Å². The van der Waals surface area contributed by atoms with Crippen LogP contribution in [0.5, 0.6) is 0 Å². The molecule has 3 aromatic rings. The lowest BCUT2D eigenvalue weighted by Crippen LogP contribution is -2.40. The number of hydrogen-bond donors (Lipinski definition) is 5. The number of aryl methyl sites for hydroxylation is 1. The Labute approximate surface area is 181 Å². The van der Waals surface area contributed by atoms with Gasteiger partial charge in [0, 0.05) is 17.8 Å². The van der Waals surface area contributed by atoms with Crippen molar-refractivity contribution >= 4 is 23.3 Å². The molecule has 3 aromatic carbocycles. The predicted octanol–water partition coefficient (Wildman–Crippen LogP) is 2.65. The minimum Gasteiger partial charge on any atom is -0.398 e. The molecule has 0 spiro atoms. The van der Waals surface area contributed by atoms with Crippen LogP contribution in [0.4, 0.5) is 5.69 Å². The first-order chi connectivity index (χ1) is 14.9. The Morgan fingerprint density at radius 1 is 1.00 bits per heavy atom. The number of amides is 2. The molecule has 0 saturated carbocycles. The van der Waals surface area contributed by atoms with Crippen LogP contribution in [0.3, 0.4) is 0 Å². The van der Waals surface area contributed by atoms with Crippen LogP contribution in [0.15, 0.2) is 72.8 Å². The van der Waals surface area contributed by atoms with E-state index in [1.54, 1.807) is 30.3 Å². The Balaban J connectivity index is 1.84. The van der Waals surface area contributed by atoms with E-state index in [-0.39, 0.29) is 23.0 Å². The third-order valence-electron chi connectivity index (χ3n) is 4.99. The number of carbonyl (C=O) groups excluding carboxylic acids is 2. The Bertz CT molecular complexity index is 1110. The fourth-order valence-corrected chi connectivity index (χ4v) is 3.17. The Morgan fingerprint density at radius 3 is 2.35 bits per heavy atom. The van der Waals surface area contributed by atoms with Gasteiger partial charge < -0.3 is 22.1 Å². The van der Waals surface area contributed by atoms with Gasteiger partial charge in [0.1, 0.15) is 11.9 Å². The van der Waals surface area contributed by atoms with Crippen LogP contribution in [-0.2, 0) is 11.3 Å². The van der Waals surface area contributed by atoms with E-state index in [2.05, 4.69) is 10.6 Å². The number of nitrogen functional groups attached to an aromatic ring is 2. The summed E-state index contributed by atoms with van der Waals surface area (Å²) >= 11 is 0. The van der Waals surface area contributed by atoms with Crippen molar-refractivity contribution in [1.29, 1.82) is 5.41 Å². The number of nitrogens with one attached hydrogen (secondary N) is 3. The summed E-state index contributed by atoms with van der Waals surface area (Å²) in [6, 6.07) is 20.4. The molecule has 0 heterocycles. The number of rotatable bonds is 7. The standard InChI is InChI=1S/C24H25N5O2/c1-15-7-5-6-10-18(15)14-28-24(31)21(16-8-3-2-4-9-16)29-23(30)19-13-17(22(26)27)11-12-20(19)25/h2-13,21H,14,25H2,1H3,(H3,26,27)(H,28,31)(H,29,30)/t21-/m1/s1. The second-order valence-electron chi connectivity index (χ2n) is 7.18. The summed E-state index contributed by atoms with van der Waals surface area (Å²) in [6.45, 7) is 2.31. The molecule has 7 nitrogen and oxygen atoms in total. The van der Waals surface area contributed by atoms with Gasteiger partial charge in [-0.05, 0) is 41.8 Å². The van der Waals surface area contributed by atoms with E-state index < -0.39 is 11.9 Å². The minimum absolute atomic E-state index is 0.153. The van der Waals surface area contributed by atoms with E-state index in [4.69, 9.17) is 16.9 Å². The molecule has 0 aliphatic heterocycles. The van der Waals surface area contributed by atoms with Gasteiger partial charge in [-0.3, -0.25) is 15.0 Å². The van der Waals surface area contributed by atoms with Crippen molar-refractivity contribution in [2.75, 3.05) is 5.73 Å². The molecule has 158 valence electrons. The maximum Gasteiger partial charge on any atom is 0.254 e. The highest BCUT2D eigenvalue weighted by Gasteiger charge is 2.24. The molecule has 1 atom stereocenters. The summed E-state index contributed by atoms with van der Waals surface area (Å²) in [5.74, 6) is -1.05. The van der Waals surface area contributed by atoms with E-state index in [9.17, 15) is 9.59 Å². The molecule has 7 heteroatoms. The zero-order chi connectivity index (χ0) is 22.4. The third-order valence-corrected chi connectivity index (χ3v) is 4.99. The highest BCUT2D eigenvalue weighted by Crippen LogP contribution is 2.18. The van der Waals surface area contributed by atoms with Crippen molar-refractivity contribution in [3.63, 3.8) is 0 Å². The van der Waals surface area contributed by atoms with Crippen molar-refractivity contribution in [1.82, 2.24) is 10.6 Å². The summed E-state index contributed by atoms with van der Waals surface area (Å²) in [7, 11) is 0. The summed E-state index contributed by atoms with van der Waals surface area (Å²) in [5.41, 5.74) is 14.9. The van der Waals surface area contributed by atoms with Crippen LogP contribution in [0.25, 0.3) is 0 Å². The number of nitrogens with two attached hydrogens (primary N) is 2. The van der Waals surface area contributed by atoms with Gasteiger partial charge in [-0.1, -0.05) is 54.6 Å². The summed E-state index contributed by atoms with van der Waals surface area (Å²) in [6.07, 6.45) is 0. The van der Waals surface area contributed by atoms with E-state index in [0.29, 0.717) is 17.7 Å². The first-order valence-corrected chi connectivity index (χ1v) is 9.78. The molecular formula is C24H25N5O2. The molecule has 0 fully saturated rings. The molecular weight excluding hydrogens is 390 g/mol. The maximum atomic E-state index is 13.0. The lowest BCUT2D eigenvalue weighted by atomic mass is 10.0. The Hall–Kier alpha value is -4.13. The van der Waals surface area contributed by atoms with Crippen molar-refractivity contribution < 1.29 is 9.59 Å². The normalized spacial score (nSPS) is 11.4. The maximum absolute atomic E-state index is 13.0. The van der Waals surface area contributed by atoms with Crippen LogP contribution in [0.2, 0.25) is 0 Å². The molecule has 0 radical (unpaired) electrons. The fraction of sp³-hybridized carbons (Fsp3) is 0.125. The quantitative estimate of drug-likeness (QED) is 0.230. The van der Waals surface area contributed by atoms with Gasteiger partial charge in [0.05, 0.1) is 5.56 Å². The average molecular weight is 415 g/mol. The molecule has 2 amide bonds. The number of amidine groups is 1. The SMILES string of the molecule is Cc1ccccc1CNC(=O)[C@H](NC(=O)c1cc(C(=N)N)ccc1N)c1ccccc1. The van der Waals surface area contributed by atoms with Crippen LogP contribution in [0.1, 0.15) is 38.7 Å². The van der Waals surface area contributed by atoms with Gasteiger partial charge in [0.15, 0.2) is 0 Å². The first-order valence-electron chi connectivity index (χ1n) is 9.78. The summed E-state index contributed by atoms with van der Waals surface area (Å²) in [5, 5.41) is 13.2. The zero-order valence-electron chi connectivity index (χ0n) is 17.2. The Kier molecular flexibility index (Phi) is 6.67. The van der Waals surface area contributed by atoms with Crippen LogP contribution in [-0.4, -0.2) is 17.6 Å². The molecule has 0 aliphatic rings. The van der Waals surface area contributed by atoms with Gasteiger partial charge in [0.2, 0.25) is 5.91 Å². The second-order valence-corrected chi connectivity index (χ2v) is 7.18. The lowest BCUT2D eigenvalue weighted by molar-refractivity contribution is -0.123. The zero-order valence-corrected chi connectivity index (χ0v) is 17.2. The monoisotopic (exact) mass is 415 g/mol. The molecule has 0 aliphatic carbocycles. The molecule has 0 bridgehead atoms. The van der Waals surface area contributed by atoms with Gasteiger partial charge >= 0.3 is 0 Å². The lowest BCUT2D eigenvalue weighted by Gasteiger charge is -2.20. The topological polar surface area (TPSA) is 134 Å². The number of carbonyl (C=O) groups is 2. The Morgan fingerprint density at radius 2 is 1.68 bits per heavy atom. The minimum atomic E-state index is -0.918. The van der Waals surface area contributed by atoms with Gasteiger partial charge in [-0.15, -0.1) is 0 Å². The highest BCUT2D eigenvalue weighted by atomic mass is 16.2. The largest absolute Gasteiger partial charge is 0.398 e. The third kappa shape index (κ3) is 5.27. The number of hydrogen-bond acceptors (Lipinski definition) is 4. The fourth-order valence-electron chi connectivity index (χ4n) is 3.17. The number of benzene rings is 3. The van der Waals surface area contributed by atoms with Crippen molar-refractivity contribution in [2.24, 2.45) is 5.73 Å². The van der Waals surface area contributed by atoms with Crippen molar-refractivity contribution in [3.8, 4) is 0 Å². The predicted molar refractivity (Wildman–Crippen MR) is 122 cm³/mol. The van der Waals surface area contributed by atoms with Crippen LogP contribution in [0, 0.1) is 12.3 Å². The number of anilines is 1. The second kappa shape index (κ2) is 9.58. The molecule has 0 aromatic heterocycles. The molecule has 31 heavy (non-hydrogen) atoms. The van der Waals surface area contributed by atoms with Gasteiger partial charge in [-0.25, -0.2) is 0 Å². The first kappa shape index (κ1) is 21.6. The van der Waals surface area contributed by atoms with Crippen LogP contribution < -0.4 is 22.1 Å². The van der Waals surface area contributed by atoms with E-state index in [0.717, 1.165) is 11.1 Å². The molecule has 0 unspecified atom stereocenters. The van der Waals surface area contributed by atoms with Gasteiger partial charge in [0.25, 0.3) is 5.91 Å². The average Bonchev–Trinajstić information content (AvgIpc) is 2.77. The smallest absolute Gasteiger partial charge is 0.254 e. The summed E-state index contributed by atoms with van der Waals surface area (Å²) in [4.78, 5) is 26.0. The molecule has 3 rings (SSSR count). The highest BCUT2D eigenvalue weighted by molar-refractivity contribution is 6.04. The molecule has 7 N–H and O–H groups in total. The van der Waals surface area contributed by atoms with E-state index >= 15 is 0 Å². The van der Waals surface area contributed by atoms with E-state index in [1.807, 2.05) is 37.3 Å². The van der Waals surface area contributed by atoms with Gasteiger partial charge in [-0.2, -0.15) is 0 Å². The summed E-state index contributed by atoms with van der Waals surface area (Å²) < 4.78 is 0. The van der Waals surface area contributed by atoms with Crippen LogP contribution >= 0.6 is 0 Å². The molecule has 0 saturated heterocycles. The van der Waals surface area contributed by atoms with E-state index in [1.165, 1.54) is 12.1 Å². The van der Waals surface area contributed by atoms with Crippen molar-refractivity contribution in [3.05, 3.63) is 101 Å².